The average molecular weight is 255 g/mol. The van der Waals surface area contributed by atoms with Crippen LogP contribution in [0.1, 0.15) is 12.8 Å². The van der Waals surface area contributed by atoms with Crippen LogP contribution in [0.4, 0.5) is 0 Å². The monoisotopic (exact) mass is 255 g/mol. The molecule has 2 atom stereocenters. The fourth-order valence-corrected chi connectivity index (χ4v) is 4.34. The molecular formula is C8H17NO4S2. The van der Waals surface area contributed by atoms with Gasteiger partial charge in [0, 0.05) is 12.3 Å². The molecule has 1 saturated heterocycles. The minimum atomic E-state index is -3.01. The third-order valence-electron chi connectivity index (χ3n) is 2.70. The Morgan fingerprint density at radius 3 is 2.47 bits per heavy atom. The van der Waals surface area contributed by atoms with Crippen LogP contribution in [0.2, 0.25) is 0 Å². The lowest BCUT2D eigenvalue weighted by molar-refractivity contribution is 0.451. The average Bonchev–Trinajstić information content (AvgIpc) is 2.40. The van der Waals surface area contributed by atoms with Crippen LogP contribution in [0.3, 0.4) is 0 Å². The van der Waals surface area contributed by atoms with E-state index in [1.165, 1.54) is 0 Å². The molecule has 1 aliphatic rings. The van der Waals surface area contributed by atoms with E-state index >= 15 is 0 Å². The van der Waals surface area contributed by atoms with Crippen molar-refractivity contribution in [2.75, 3.05) is 23.5 Å². The van der Waals surface area contributed by atoms with Gasteiger partial charge in [0.25, 0.3) is 0 Å². The molecule has 2 unspecified atom stereocenters. The summed E-state index contributed by atoms with van der Waals surface area (Å²) in [6.45, 7) is 0. The third-order valence-corrected chi connectivity index (χ3v) is 5.47. The Hall–Kier alpha value is -0.140. The molecule has 0 aromatic carbocycles. The van der Waals surface area contributed by atoms with E-state index in [-0.39, 0.29) is 29.2 Å². The molecule has 1 fully saturated rings. The predicted octanol–water partition coefficient (Wildman–Crippen LogP) is -0.817. The van der Waals surface area contributed by atoms with Gasteiger partial charge in [0.05, 0.1) is 17.3 Å². The van der Waals surface area contributed by atoms with Gasteiger partial charge in [0.15, 0.2) is 9.84 Å². The molecule has 2 N–H and O–H groups in total. The normalized spacial score (nSPS) is 27.7. The van der Waals surface area contributed by atoms with E-state index in [4.69, 9.17) is 5.73 Å². The van der Waals surface area contributed by atoms with E-state index in [0.717, 1.165) is 6.26 Å². The van der Waals surface area contributed by atoms with Crippen molar-refractivity contribution in [1.82, 2.24) is 0 Å². The zero-order valence-corrected chi connectivity index (χ0v) is 10.4. The molecule has 5 nitrogen and oxygen atoms in total. The molecule has 0 saturated carbocycles. The second-order valence-corrected chi connectivity index (χ2v) is 8.73. The van der Waals surface area contributed by atoms with Gasteiger partial charge in [-0.3, -0.25) is 0 Å². The number of sulfone groups is 2. The topological polar surface area (TPSA) is 94.3 Å². The smallest absolute Gasteiger partial charge is 0.150 e. The largest absolute Gasteiger partial charge is 0.327 e. The Morgan fingerprint density at radius 1 is 1.47 bits per heavy atom. The first kappa shape index (κ1) is 12.9. The van der Waals surface area contributed by atoms with Crippen molar-refractivity contribution in [2.24, 2.45) is 11.7 Å². The van der Waals surface area contributed by atoms with Crippen molar-refractivity contribution in [3.63, 3.8) is 0 Å². The molecule has 0 aromatic rings. The van der Waals surface area contributed by atoms with Gasteiger partial charge < -0.3 is 5.73 Å². The van der Waals surface area contributed by atoms with Crippen LogP contribution in [-0.4, -0.2) is 46.4 Å². The Morgan fingerprint density at radius 2 is 2.07 bits per heavy atom. The van der Waals surface area contributed by atoms with Crippen molar-refractivity contribution >= 4 is 19.7 Å². The molecule has 7 heteroatoms. The second kappa shape index (κ2) is 4.39. The summed E-state index contributed by atoms with van der Waals surface area (Å²) in [6.07, 6.45) is 2.07. The van der Waals surface area contributed by atoms with Gasteiger partial charge in [0.1, 0.15) is 9.84 Å². The lowest BCUT2D eigenvalue weighted by Crippen LogP contribution is -2.32. The predicted molar refractivity (Wildman–Crippen MR) is 59.1 cm³/mol. The van der Waals surface area contributed by atoms with Gasteiger partial charge >= 0.3 is 0 Å². The van der Waals surface area contributed by atoms with E-state index in [2.05, 4.69) is 0 Å². The molecule has 1 rings (SSSR count). The summed E-state index contributed by atoms with van der Waals surface area (Å²) in [6, 6.07) is -0.322. The van der Waals surface area contributed by atoms with Crippen molar-refractivity contribution in [3.8, 4) is 0 Å². The standard InChI is InChI=1S/C8H17NO4S2/c1-14(10,11)4-3-8(9)7-2-5-15(12,13)6-7/h7-8H,2-6,9H2,1H3. The highest BCUT2D eigenvalue weighted by Crippen LogP contribution is 2.22. The highest BCUT2D eigenvalue weighted by Gasteiger charge is 2.32. The lowest BCUT2D eigenvalue weighted by Gasteiger charge is -2.16. The second-order valence-electron chi connectivity index (χ2n) is 4.25. The maximum atomic E-state index is 11.2. The SMILES string of the molecule is CS(=O)(=O)CCC(N)C1CCS(=O)(=O)C1. The molecule has 0 amide bonds. The summed E-state index contributed by atoms with van der Waals surface area (Å²) in [5.74, 6) is 0.254. The molecule has 1 aliphatic heterocycles. The molecule has 0 spiro atoms. The van der Waals surface area contributed by atoms with Crippen molar-refractivity contribution in [1.29, 1.82) is 0 Å². The molecule has 0 radical (unpaired) electrons. The van der Waals surface area contributed by atoms with Crippen LogP contribution in [0, 0.1) is 5.92 Å². The zero-order chi connectivity index (χ0) is 11.7. The summed E-state index contributed by atoms with van der Waals surface area (Å²) >= 11 is 0. The zero-order valence-electron chi connectivity index (χ0n) is 8.72. The molecule has 1 heterocycles. The Bertz CT molecular complexity index is 412. The minimum Gasteiger partial charge on any atom is -0.327 e. The summed E-state index contributed by atoms with van der Waals surface area (Å²) < 4.78 is 44.2. The van der Waals surface area contributed by atoms with Crippen LogP contribution < -0.4 is 5.73 Å². The molecular weight excluding hydrogens is 238 g/mol. The first-order valence-electron chi connectivity index (χ1n) is 4.83. The Labute approximate surface area is 90.9 Å². The fourth-order valence-electron chi connectivity index (χ4n) is 1.75. The maximum Gasteiger partial charge on any atom is 0.150 e. The van der Waals surface area contributed by atoms with Crippen LogP contribution >= 0.6 is 0 Å². The van der Waals surface area contributed by atoms with Crippen LogP contribution in [0.25, 0.3) is 0 Å². The van der Waals surface area contributed by atoms with E-state index in [9.17, 15) is 16.8 Å². The Kier molecular flexibility index (Phi) is 3.78. The molecule has 0 aliphatic carbocycles. The van der Waals surface area contributed by atoms with Gasteiger partial charge in [-0.05, 0) is 18.8 Å². The summed E-state index contributed by atoms with van der Waals surface area (Å²) in [5.41, 5.74) is 5.78. The summed E-state index contributed by atoms with van der Waals surface area (Å²) in [7, 11) is -5.93. The number of rotatable bonds is 4. The molecule has 0 bridgehead atoms. The Balaban J connectivity index is 2.46. The number of hydrogen-bond donors (Lipinski definition) is 1. The van der Waals surface area contributed by atoms with Crippen molar-refractivity contribution in [3.05, 3.63) is 0 Å². The van der Waals surface area contributed by atoms with E-state index in [1.54, 1.807) is 0 Å². The summed E-state index contributed by atoms with van der Waals surface area (Å²) in [4.78, 5) is 0. The van der Waals surface area contributed by atoms with Crippen molar-refractivity contribution in [2.45, 2.75) is 18.9 Å². The molecule has 15 heavy (non-hydrogen) atoms. The highest BCUT2D eigenvalue weighted by molar-refractivity contribution is 7.91. The van der Waals surface area contributed by atoms with Crippen LogP contribution in [0.15, 0.2) is 0 Å². The van der Waals surface area contributed by atoms with Gasteiger partial charge in [-0.15, -0.1) is 0 Å². The first-order valence-corrected chi connectivity index (χ1v) is 8.71. The number of nitrogens with two attached hydrogens (primary N) is 1. The van der Waals surface area contributed by atoms with Crippen LogP contribution in [0.5, 0.6) is 0 Å². The quantitative estimate of drug-likeness (QED) is 0.708. The van der Waals surface area contributed by atoms with Crippen LogP contribution in [-0.2, 0) is 19.7 Å². The molecule has 0 aromatic heterocycles. The third kappa shape index (κ3) is 4.48. The van der Waals surface area contributed by atoms with Gasteiger partial charge in [0.2, 0.25) is 0 Å². The lowest BCUT2D eigenvalue weighted by atomic mass is 9.98. The first-order chi connectivity index (χ1) is 6.70. The maximum absolute atomic E-state index is 11.2. The molecule has 90 valence electrons. The van der Waals surface area contributed by atoms with E-state index in [0.29, 0.717) is 12.8 Å². The van der Waals surface area contributed by atoms with E-state index in [1.807, 2.05) is 0 Å². The summed E-state index contributed by atoms with van der Waals surface area (Å²) in [5, 5.41) is 0. The minimum absolute atomic E-state index is 0.0325. The van der Waals surface area contributed by atoms with Crippen molar-refractivity contribution < 1.29 is 16.8 Å². The van der Waals surface area contributed by atoms with Gasteiger partial charge in [-0.25, -0.2) is 16.8 Å². The number of hydrogen-bond acceptors (Lipinski definition) is 5. The van der Waals surface area contributed by atoms with E-state index < -0.39 is 19.7 Å². The highest BCUT2D eigenvalue weighted by atomic mass is 32.2. The van der Waals surface area contributed by atoms with Gasteiger partial charge in [-0.2, -0.15) is 0 Å². The van der Waals surface area contributed by atoms with Gasteiger partial charge in [-0.1, -0.05) is 0 Å². The fraction of sp³-hybridized carbons (Fsp3) is 1.00.